The fraction of sp³-hybridized carbons (Fsp3) is 0.100. The van der Waals surface area contributed by atoms with E-state index >= 15 is 0 Å². The Morgan fingerprint density at radius 2 is 1.79 bits per heavy atom. The molecule has 39 heavy (non-hydrogen) atoms. The Kier molecular flexibility index (Phi) is 8.40. The second-order valence-electron chi connectivity index (χ2n) is 8.35. The van der Waals surface area contributed by atoms with Crippen molar-refractivity contribution in [2.75, 3.05) is 17.2 Å². The van der Waals surface area contributed by atoms with Crippen molar-refractivity contribution in [1.82, 2.24) is 4.98 Å². The van der Waals surface area contributed by atoms with Crippen molar-refractivity contribution in [1.29, 1.82) is 0 Å². The number of hydrogen-bond acceptors (Lipinski definition) is 7. The van der Waals surface area contributed by atoms with Crippen LogP contribution in [-0.4, -0.2) is 23.4 Å². The van der Waals surface area contributed by atoms with Gasteiger partial charge in [-0.25, -0.2) is 4.98 Å². The number of anilines is 2. The Labute approximate surface area is 234 Å². The topological polar surface area (TPSA) is 93.5 Å². The molecule has 0 bridgehead atoms. The van der Waals surface area contributed by atoms with Crippen LogP contribution in [0, 0.1) is 0 Å². The standard InChI is InChI=1S/C30H25N3O4S2/c1-2-36-23-15-13-20(14-16-23)25-19-38-30(32-25)33-29(35)27(21-8-4-3-5-9-21)39-24-11-6-10-22(18-24)31-28(34)26-12-7-17-37-26/h3-19,27H,2H2,1H3,(H,31,34)(H,32,33,35). The smallest absolute Gasteiger partial charge is 0.291 e. The molecule has 2 aromatic heterocycles. The van der Waals surface area contributed by atoms with Gasteiger partial charge in [0.2, 0.25) is 5.91 Å². The van der Waals surface area contributed by atoms with Crippen LogP contribution in [0.3, 0.4) is 0 Å². The van der Waals surface area contributed by atoms with Crippen molar-refractivity contribution < 1.29 is 18.7 Å². The molecule has 9 heteroatoms. The number of nitrogens with one attached hydrogen (secondary N) is 2. The van der Waals surface area contributed by atoms with Crippen LogP contribution in [0.5, 0.6) is 5.75 Å². The highest BCUT2D eigenvalue weighted by Crippen LogP contribution is 2.38. The van der Waals surface area contributed by atoms with Gasteiger partial charge in [-0.3, -0.25) is 9.59 Å². The quantitative estimate of drug-likeness (QED) is 0.173. The van der Waals surface area contributed by atoms with Crippen molar-refractivity contribution in [2.45, 2.75) is 17.1 Å². The van der Waals surface area contributed by atoms with E-state index in [2.05, 4.69) is 15.6 Å². The molecule has 0 aliphatic carbocycles. The third-order valence-corrected chi connectivity index (χ3v) is 7.63. The molecule has 3 aromatic carbocycles. The molecule has 2 N–H and O–H groups in total. The minimum atomic E-state index is -0.542. The van der Waals surface area contributed by atoms with E-state index in [1.54, 1.807) is 18.2 Å². The first-order valence-electron chi connectivity index (χ1n) is 12.2. The van der Waals surface area contributed by atoms with Crippen molar-refractivity contribution in [3.63, 3.8) is 0 Å². The van der Waals surface area contributed by atoms with Crippen LogP contribution in [0.1, 0.15) is 28.3 Å². The highest BCUT2D eigenvalue weighted by molar-refractivity contribution is 8.00. The monoisotopic (exact) mass is 555 g/mol. The molecule has 7 nitrogen and oxygen atoms in total. The lowest BCUT2D eigenvalue weighted by Crippen LogP contribution is -2.19. The number of nitrogens with zero attached hydrogens (tertiary/aromatic N) is 1. The second kappa shape index (κ2) is 12.5. The van der Waals surface area contributed by atoms with Gasteiger partial charge in [0.15, 0.2) is 10.9 Å². The van der Waals surface area contributed by atoms with Crippen LogP contribution >= 0.6 is 23.1 Å². The molecule has 0 saturated heterocycles. The maximum absolute atomic E-state index is 13.5. The normalized spacial score (nSPS) is 11.5. The molecule has 0 fully saturated rings. The van der Waals surface area contributed by atoms with E-state index in [1.807, 2.05) is 85.1 Å². The molecular formula is C30H25N3O4S2. The minimum absolute atomic E-state index is 0.191. The van der Waals surface area contributed by atoms with Crippen LogP contribution in [-0.2, 0) is 4.79 Å². The van der Waals surface area contributed by atoms with Crippen LogP contribution < -0.4 is 15.4 Å². The van der Waals surface area contributed by atoms with Crippen LogP contribution in [0.15, 0.2) is 112 Å². The second-order valence-corrected chi connectivity index (χ2v) is 10.4. The largest absolute Gasteiger partial charge is 0.494 e. The zero-order chi connectivity index (χ0) is 27.0. The summed E-state index contributed by atoms with van der Waals surface area (Å²) in [4.78, 5) is 31.4. The first-order chi connectivity index (χ1) is 19.1. The van der Waals surface area contributed by atoms with Crippen molar-refractivity contribution in [3.8, 4) is 17.0 Å². The van der Waals surface area contributed by atoms with E-state index in [9.17, 15) is 9.59 Å². The molecule has 0 aliphatic heterocycles. The number of thiazole rings is 1. The number of amides is 2. The molecule has 5 rings (SSSR count). The number of thioether (sulfide) groups is 1. The van der Waals surface area contributed by atoms with Gasteiger partial charge in [0.25, 0.3) is 5.91 Å². The summed E-state index contributed by atoms with van der Waals surface area (Å²) >= 11 is 2.77. The summed E-state index contributed by atoms with van der Waals surface area (Å²) in [5.41, 5.74) is 3.18. The maximum atomic E-state index is 13.5. The van der Waals surface area contributed by atoms with Crippen molar-refractivity contribution >= 4 is 45.7 Å². The van der Waals surface area contributed by atoms with Crippen LogP contribution in [0.2, 0.25) is 0 Å². The average Bonchev–Trinajstić information content (AvgIpc) is 3.66. The number of aromatic nitrogens is 1. The summed E-state index contributed by atoms with van der Waals surface area (Å²) in [7, 11) is 0. The van der Waals surface area contributed by atoms with E-state index < -0.39 is 5.25 Å². The van der Waals surface area contributed by atoms with E-state index in [4.69, 9.17) is 9.15 Å². The molecular weight excluding hydrogens is 530 g/mol. The molecule has 2 heterocycles. The lowest BCUT2D eigenvalue weighted by molar-refractivity contribution is -0.115. The number of carbonyl (C=O) groups excluding carboxylic acids is 2. The minimum Gasteiger partial charge on any atom is -0.494 e. The Balaban J connectivity index is 1.32. The number of hydrogen-bond donors (Lipinski definition) is 2. The molecule has 0 aliphatic rings. The fourth-order valence-corrected chi connectivity index (χ4v) is 5.61. The Morgan fingerprint density at radius 1 is 0.974 bits per heavy atom. The SMILES string of the molecule is CCOc1ccc(-c2csc(NC(=O)C(Sc3cccc(NC(=O)c4ccco4)c3)c3ccccc3)n2)cc1. The van der Waals surface area contributed by atoms with Gasteiger partial charge in [0.05, 0.1) is 18.6 Å². The molecule has 1 atom stereocenters. The lowest BCUT2D eigenvalue weighted by atomic mass is 10.1. The summed E-state index contributed by atoms with van der Waals surface area (Å²) in [6.45, 7) is 2.55. The zero-order valence-corrected chi connectivity index (χ0v) is 22.6. The highest BCUT2D eigenvalue weighted by atomic mass is 32.2. The predicted octanol–water partition coefficient (Wildman–Crippen LogP) is 7.53. The molecule has 0 saturated carbocycles. The number of rotatable bonds is 10. The first kappa shape index (κ1) is 26.3. The molecule has 2 amide bonds. The maximum Gasteiger partial charge on any atom is 0.291 e. The highest BCUT2D eigenvalue weighted by Gasteiger charge is 2.23. The molecule has 5 aromatic rings. The summed E-state index contributed by atoms with van der Waals surface area (Å²) in [6.07, 6.45) is 1.45. The lowest BCUT2D eigenvalue weighted by Gasteiger charge is -2.17. The van der Waals surface area contributed by atoms with Gasteiger partial charge in [0, 0.05) is 21.5 Å². The van der Waals surface area contributed by atoms with E-state index in [-0.39, 0.29) is 17.6 Å². The van der Waals surface area contributed by atoms with Gasteiger partial charge in [0.1, 0.15) is 11.0 Å². The Bertz CT molecular complexity index is 1530. The van der Waals surface area contributed by atoms with Gasteiger partial charge < -0.3 is 19.8 Å². The number of furan rings is 1. The van der Waals surface area contributed by atoms with Gasteiger partial charge in [-0.15, -0.1) is 23.1 Å². The fourth-order valence-electron chi connectivity index (χ4n) is 3.81. The van der Waals surface area contributed by atoms with Gasteiger partial charge in [-0.05, 0) is 67.1 Å². The van der Waals surface area contributed by atoms with E-state index in [1.165, 1.54) is 29.4 Å². The first-order valence-corrected chi connectivity index (χ1v) is 14.0. The van der Waals surface area contributed by atoms with Crippen LogP contribution in [0.4, 0.5) is 10.8 Å². The number of benzene rings is 3. The Hall–Kier alpha value is -4.34. The van der Waals surface area contributed by atoms with E-state index in [0.717, 1.165) is 27.5 Å². The van der Waals surface area contributed by atoms with Crippen LogP contribution in [0.25, 0.3) is 11.3 Å². The molecule has 196 valence electrons. The molecule has 1 unspecified atom stereocenters. The summed E-state index contributed by atoms with van der Waals surface area (Å²) in [5.74, 6) is 0.496. The third-order valence-electron chi connectivity index (χ3n) is 5.63. The summed E-state index contributed by atoms with van der Waals surface area (Å²) in [5, 5.41) is 7.72. The van der Waals surface area contributed by atoms with Gasteiger partial charge >= 0.3 is 0 Å². The average molecular weight is 556 g/mol. The van der Waals surface area contributed by atoms with Crippen molar-refractivity contribution in [3.05, 3.63) is 114 Å². The Morgan fingerprint density at radius 3 is 2.54 bits per heavy atom. The van der Waals surface area contributed by atoms with Crippen molar-refractivity contribution in [2.24, 2.45) is 0 Å². The van der Waals surface area contributed by atoms with E-state index in [0.29, 0.717) is 17.4 Å². The van der Waals surface area contributed by atoms with Gasteiger partial charge in [-0.2, -0.15) is 0 Å². The summed E-state index contributed by atoms with van der Waals surface area (Å²) < 4.78 is 10.7. The molecule has 0 spiro atoms. The third kappa shape index (κ3) is 6.76. The van der Waals surface area contributed by atoms with Gasteiger partial charge in [-0.1, -0.05) is 36.4 Å². The zero-order valence-electron chi connectivity index (χ0n) is 21.0. The number of ether oxygens (including phenoxy) is 1. The summed E-state index contributed by atoms with van der Waals surface area (Å²) in [6, 6.07) is 27.9. The molecule has 0 radical (unpaired) electrons. The number of carbonyl (C=O) groups is 2. The predicted molar refractivity (Wildman–Crippen MR) is 155 cm³/mol.